The first-order valence-corrected chi connectivity index (χ1v) is 5.98. The molecular formula is C14H18N2O2. The van der Waals surface area contributed by atoms with Crippen LogP contribution in [0.25, 0.3) is 0 Å². The van der Waals surface area contributed by atoms with Crippen LogP contribution in [0.15, 0.2) is 24.3 Å². The number of nitrogens with one attached hydrogen (secondary N) is 1. The van der Waals surface area contributed by atoms with Crippen LogP contribution in [-0.4, -0.2) is 17.6 Å². The molecule has 0 saturated carbocycles. The van der Waals surface area contributed by atoms with E-state index in [0.717, 1.165) is 5.56 Å². The summed E-state index contributed by atoms with van der Waals surface area (Å²) in [5.41, 5.74) is 0.779. The Bertz CT molecular complexity index is 449. The summed E-state index contributed by atoms with van der Waals surface area (Å²) in [6.45, 7) is 4.56. The van der Waals surface area contributed by atoms with E-state index in [1.165, 1.54) is 0 Å². The third kappa shape index (κ3) is 4.46. The van der Waals surface area contributed by atoms with Crippen molar-refractivity contribution in [2.75, 3.05) is 6.54 Å². The van der Waals surface area contributed by atoms with Gasteiger partial charge in [-0.25, -0.2) is 0 Å². The second-order valence-electron chi connectivity index (χ2n) is 4.69. The molecule has 0 aliphatic rings. The molecule has 0 radical (unpaired) electrons. The van der Waals surface area contributed by atoms with E-state index in [1.807, 2.05) is 19.9 Å². The Morgan fingerprint density at radius 2 is 2.22 bits per heavy atom. The van der Waals surface area contributed by atoms with Crippen LogP contribution in [0.3, 0.4) is 0 Å². The van der Waals surface area contributed by atoms with E-state index < -0.39 is 5.92 Å². The first-order valence-electron chi connectivity index (χ1n) is 5.98. The zero-order valence-corrected chi connectivity index (χ0v) is 10.7. The number of phenols is 1. The number of hydrogen-bond acceptors (Lipinski definition) is 3. The minimum atomic E-state index is -0.717. The first-order chi connectivity index (χ1) is 8.52. The molecule has 1 atom stereocenters. The molecule has 0 heterocycles. The number of rotatable bonds is 5. The highest BCUT2D eigenvalue weighted by atomic mass is 16.3. The van der Waals surface area contributed by atoms with Crippen molar-refractivity contribution in [1.82, 2.24) is 5.32 Å². The van der Waals surface area contributed by atoms with Crippen molar-refractivity contribution in [2.24, 2.45) is 11.8 Å². The second-order valence-corrected chi connectivity index (χ2v) is 4.69. The van der Waals surface area contributed by atoms with Crippen molar-refractivity contribution < 1.29 is 9.90 Å². The molecule has 96 valence electrons. The highest BCUT2D eigenvalue weighted by Gasteiger charge is 2.18. The van der Waals surface area contributed by atoms with Crippen LogP contribution in [0.2, 0.25) is 0 Å². The maximum Gasteiger partial charge on any atom is 0.237 e. The lowest BCUT2D eigenvalue weighted by atomic mass is 9.99. The van der Waals surface area contributed by atoms with E-state index in [-0.39, 0.29) is 11.7 Å². The van der Waals surface area contributed by atoms with Crippen molar-refractivity contribution in [3.05, 3.63) is 29.8 Å². The van der Waals surface area contributed by atoms with E-state index in [0.29, 0.717) is 18.9 Å². The van der Waals surface area contributed by atoms with Gasteiger partial charge < -0.3 is 10.4 Å². The van der Waals surface area contributed by atoms with E-state index in [4.69, 9.17) is 5.26 Å². The second kappa shape index (κ2) is 6.65. The highest BCUT2D eigenvalue weighted by molar-refractivity contribution is 5.81. The van der Waals surface area contributed by atoms with Crippen LogP contribution < -0.4 is 5.32 Å². The average Bonchev–Trinajstić information content (AvgIpc) is 2.33. The maximum atomic E-state index is 11.8. The summed E-state index contributed by atoms with van der Waals surface area (Å²) in [5.74, 6) is -0.471. The average molecular weight is 246 g/mol. The molecule has 2 N–H and O–H groups in total. The number of nitrogens with zero attached hydrogens (tertiary/aromatic N) is 1. The lowest BCUT2D eigenvalue weighted by molar-refractivity contribution is -0.123. The lowest BCUT2D eigenvalue weighted by Crippen LogP contribution is -2.33. The summed E-state index contributed by atoms with van der Waals surface area (Å²) in [6, 6.07) is 8.62. The van der Waals surface area contributed by atoms with Crippen molar-refractivity contribution >= 4 is 5.91 Å². The lowest BCUT2D eigenvalue weighted by Gasteiger charge is -2.12. The zero-order chi connectivity index (χ0) is 13.5. The van der Waals surface area contributed by atoms with Crippen LogP contribution in [-0.2, 0) is 11.2 Å². The van der Waals surface area contributed by atoms with Crippen molar-refractivity contribution in [3.63, 3.8) is 0 Å². The topological polar surface area (TPSA) is 73.1 Å². The number of phenolic OH excluding ortho intramolecular Hbond substituents is 1. The molecule has 0 aliphatic heterocycles. The van der Waals surface area contributed by atoms with Crippen LogP contribution in [0.4, 0.5) is 0 Å². The number of nitriles is 1. The molecule has 1 unspecified atom stereocenters. The summed E-state index contributed by atoms with van der Waals surface area (Å²) in [5, 5.41) is 21.1. The van der Waals surface area contributed by atoms with Gasteiger partial charge in [0.2, 0.25) is 5.91 Å². The summed E-state index contributed by atoms with van der Waals surface area (Å²) < 4.78 is 0. The van der Waals surface area contributed by atoms with Gasteiger partial charge in [-0.15, -0.1) is 0 Å². The zero-order valence-electron chi connectivity index (χ0n) is 10.7. The van der Waals surface area contributed by atoms with Gasteiger partial charge in [0, 0.05) is 6.54 Å². The fraction of sp³-hybridized carbons (Fsp3) is 0.429. The van der Waals surface area contributed by atoms with Gasteiger partial charge in [-0.05, 0) is 30.0 Å². The van der Waals surface area contributed by atoms with Crippen LogP contribution in [0.1, 0.15) is 19.4 Å². The molecule has 18 heavy (non-hydrogen) atoms. The van der Waals surface area contributed by atoms with E-state index in [9.17, 15) is 9.90 Å². The standard InChI is InChI=1S/C14H18N2O2/c1-10(2)9-16-14(18)12(8-15)6-11-4-3-5-13(17)7-11/h3-5,7,10,12,17H,6,9H2,1-2H3,(H,16,18). The molecule has 1 rings (SSSR count). The quantitative estimate of drug-likeness (QED) is 0.832. The molecule has 4 heteroatoms. The molecule has 0 aliphatic carbocycles. The van der Waals surface area contributed by atoms with Crippen LogP contribution in [0.5, 0.6) is 5.75 Å². The summed E-state index contributed by atoms with van der Waals surface area (Å²) in [6.07, 6.45) is 0.314. The Kier molecular flexibility index (Phi) is 5.19. The van der Waals surface area contributed by atoms with Gasteiger partial charge in [0.1, 0.15) is 11.7 Å². The van der Waals surface area contributed by atoms with Crippen molar-refractivity contribution in [2.45, 2.75) is 20.3 Å². The van der Waals surface area contributed by atoms with Crippen LogP contribution >= 0.6 is 0 Å². The fourth-order valence-electron chi connectivity index (χ4n) is 1.54. The molecule has 1 aromatic carbocycles. The maximum absolute atomic E-state index is 11.8. The third-order valence-corrected chi connectivity index (χ3v) is 2.51. The molecule has 1 amide bonds. The van der Waals surface area contributed by atoms with Gasteiger partial charge in [0.15, 0.2) is 0 Å². The summed E-state index contributed by atoms with van der Waals surface area (Å²) >= 11 is 0. The number of hydrogen-bond donors (Lipinski definition) is 2. The van der Waals surface area contributed by atoms with Crippen molar-refractivity contribution in [1.29, 1.82) is 5.26 Å². The number of carbonyl (C=O) groups excluding carboxylic acids is 1. The SMILES string of the molecule is CC(C)CNC(=O)C(C#N)Cc1cccc(O)c1. The van der Waals surface area contributed by atoms with Crippen molar-refractivity contribution in [3.8, 4) is 11.8 Å². The molecule has 0 saturated heterocycles. The van der Waals surface area contributed by atoms with E-state index >= 15 is 0 Å². The predicted octanol–water partition coefficient (Wildman–Crippen LogP) is 1.85. The van der Waals surface area contributed by atoms with Crippen LogP contribution in [0, 0.1) is 23.2 Å². The first kappa shape index (κ1) is 14.0. The minimum Gasteiger partial charge on any atom is -0.508 e. The van der Waals surface area contributed by atoms with Gasteiger partial charge in [-0.3, -0.25) is 4.79 Å². The monoisotopic (exact) mass is 246 g/mol. The fourth-order valence-corrected chi connectivity index (χ4v) is 1.54. The van der Waals surface area contributed by atoms with Gasteiger partial charge in [-0.2, -0.15) is 5.26 Å². The Balaban J connectivity index is 2.62. The molecule has 0 aromatic heterocycles. The minimum absolute atomic E-state index is 0.145. The number of carbonyl (C=O) groups is 1. The molecular weight excluding hydrogens is 228 g/mol. The molecule has 0 fully saturated rings. The van der Waals surface area contributed by atoms with Gasteiger partial charge in [0.25, 0.3) is 0 Å². The normalized spacial score (nSPS) is 11.9. The summed E-state index contributed by atoms with van der Waals surface area (Å²) in [7, 11) is 0. The Labute approximate surface area is 107 Å². The van der Waals surface area contributed by atoms with Gasteiger partial charge in [0.05, 0.1) is 6.07 Å². The Morgan fingerprint density at radius 1 is 1.50 bits per heavy atom. The molecule has 0 bridgehead atoms. The number of amides is 1. The van der Waals surface area contributed by atoms with Gasteiger partial charge in [-0.1, -0.05) is 26.0 Å². The summed E-state index contributed by atoms with van der Waals surface area (Å²) in [4.78, 5) is 11.8. The number of aromatic hydroxyl groups is 1. The third-order valence-electron chi connectivity index (χ3n) is 2.51. The molecule has 1 aromatic rings. The van der Waals surface area contributed by atoms with Gasteiger partial charge >= 0.3 is 0 Å². The smallest absolute Gasteiger partial charge is 0.237 e. The largest absolute Gasteiger partial charge is 0.508 e. The Morgan fingerprint density at radius 3 is 2.78 bits per heavy atom. The van der Waals surface area contributed by atoms with E-state index in [1.54, 1.807) is 24.3 Å². The number of benzene rings is 1. The van der Waals surface area contributed by atoms with E-state index in [2.05, 4.69) is 5.32 Å². The molecule has 0 spiro atoms. The molecule has 4 nitrogen and oxygen atoms in total. The highest BCUT2D eigenvalue weighted by Crippen LogP contribution is 2.14. The Hall–Kier alpha value is -2.02. The predicted molar refractivity (Wildman–Crippen MR) is 68.8 cm³/mol.